The van der Waals surface area contributed by atoms with Crippen LogP contribution in [0.15, 0.2) is 30.6 Å². The van der Waals surface area contributed by atoms with Crippen LogP contribution in [0.1, 0.15) is 11.1 Å². The third kappa shape index (κ3) is 2.34. The lowest BCUT2D eigenvalue weighted by Gasteiger charge is -2.07. The zero-order valence-corrected chi connectivity index (χ0v) is 9.57. The standard InChI is InChI=1S/C12H16N4/c1-9-3-4-12(13)10(5-9)6-14-11-7-15-16(2)8-11/h3-5,7-8,14H,6,13H2,1-2H3. The number of benzene rings is 1. The molecule has 84 valence electrons. The van der Waals surface area contributed by atoms with Crippen molar-refractivity contribution in [3.63, 3.8) is 0 Å². The number of aromatic nitrogens is 2. The Morgan fingerprint density at radius 2 is 2.25 bits per heavy atom. The van der Waals surface area contributed by atoms with Gasteiger partial charge >= 0.3 is 0 Å². The van der Waals surface area contributed by atoms with Crippen molar-refractivity contribution in [3.05, 3.63) is 41.7 Å². The molecule has 0 aliphatic heterocycles. The number of nitrogens with one attached hydrogen (secondary N) is 1. The van der Waals surface area contributed by atoms with E-state index in [0.29, 0.717) is 0 Å². The van der Waals surface area contributed by atoms with Crippen molar-refractivity contribution in [2.75, 3.05) is 11.1 Å². The van der Waals surface area contributed by atoms with E-state index in [1.807, 2.05) is 25.4 Å². The largest absolute Gasteiger partial charge is 0.398 e. The first kappa shape index (κ1) is 10.5. The first-order valence-corrected chi connectivity index (χ1v) is 5.22. The molecule has 0 saturated carbocycles. The van der Waals surface area contributed by atoms with E-state index in [1.165, 1.54) is 5.56 Å². The molecule has 0 unspecified atom stereocenters. The van der Waals surface area contributed by atoms with E-state index in [0.717, 1.165) is 23.5 Å². The first-order valence-electron chi connectivity index (χ1n) is 5.22. The van der Waals surface area contributed by atoms with E-state index in [-0.39, 0.29) is 0 Å². The van der Waals surface area contributed by atoms with Crippen LogP contribution in [0, 0.1) is 6.92 Å². The molecule has 16 heavy (non-hydrogen) atoms. The van der Waals surface area contributed by atoms with Crippen LogP contribution in [0.4, 0.5) is 11.4 Å². The third-order valence-corrected chi connectivity index (χ3v) is 2.49. The summed E-state index contributed by atoms with van der Waals surface area (Å²) in [5.41, 5.74) is 10.1. The molecule has 0 radical (unpaired) electrons. The summed E-state index contributed by atoms with van der Waals surface area (Å²) in [5, 5.41) is 7.38. The van der Waals surface area contributed by atoms with Crippen molar-refractivity contribution in [1.82, 2.24) is 9.78 Å². The minimum absolute atomic E-state index is 0.721. The minimum Gasteiger partial charge on any atom is -0.398 e. The average Bonchev–Trinajstić information content (AvgIpc) is 2.66. The molecule has 2 aromatic rings. The summed E-state index contributed by atoms with van der Waals surface area (Å²) in [4.78, 5) is 0. The maximum absolute atomic E-state index is 5.90. The van der Waals surface area contributed by atoms with Gasteiger partial charge in [0.25, 0.3) is 0 Å². The zero-order chi connectivity index (χ0) is 11.5. The second-order valence-electron chi connectivity index (χ2n) is 3.96. The van der Waals surface area contributed by atoms with Gasteiger partial charge in [0.2, 0.25) is 0 Å². The molecule has 4 heteroatoms. The Balaban J connectivity index is 2.07. The second kappa shape index (κ2) is 4.26. The maximum atomic E-state index is 5.90. The molecule has 1 heterocycles. The van der Waals surface area contributed by atoms with Gasteiger partial charge in [0.1, 0.15) is 0 Å². The monoisotopic (exact) mass is 216 g/mol. The van der Waals surface area contributed by atoms with Gasteiger partial charge in [0.15, 0.2) is 0 Å². The lowest BCUT2D eigenvalue weighted by molar-refractivity contribution is 0.768. The third-order valence-electron chi connectivity index (χ3n) is 2.49. The normalized spacial score (nSPS) is 10.4. The van der Waals surface area contributed by atoms with Crippen LogP contribution in [0.25, 0.3) is 0 Å². The Morgan fingerprint density at radius 3 is 2.94 bits per heavy atom. The molecule has 0 saturated heterocycles. The minimum atomic E-state index is 0.721. The van der Waals surface area contributed by atoms with E-state index in [4.69, 9.17) is 5.73 Å². The topological polar surface area (TPSA) is 55.9 Å². The molecule has 4 nitrogen and oxygen atoms in total. The van der Waals surface area contributed by atoms with E-state index in [1.54, 1.807) is 10.9 Å². The Morgan fingerprint density at radius 1 is 1.44 bits per heavy atom. The van der Waals surface area contributed by atoms with Crippen molar-refractivity contribution in [2.45, 2.75) is 13.5 Å². The van der Waals surface area contributed by atoms with Crippen molar-refractivity contribution >= 4 is 11.4 Å². The van der Waals surface area contributed by atoms with Crippen LogP contribution >= 0.6 is 0 Å². The highest BCUT2D eigenvalue weighted by Gasteiger charge is 2.00. The molecule has 0 amide bonds. The van der Waals surface area contributed by atoms with E-state index >= 15 is 0 Å². The van der Waals surface area contributed by atoms with Gasteiger partial charge in [-0.2, -0.15) is 5.10 Å². The Hall–Kier alpha value is -1.97. The highest BCUT2D eigenvalue weighted by Crippen LogP contribution is 2.15. The predicted octanol–water partition coefficient (Wildman–Crippen LogP) is 1.92. The number of nitrogen functional groups attached to an aromatic ring is 1. The molecule has 1 aromatic heterocycles. The summed E-state index contributed by atoms with van der Waals surface area (Å²) >= 11 is 0. The maximum Gasteiger partial charge on any atom is 0.0729 e. The highest BCUT2D eigenvalue weighted by molar-refractivity contribution is 5.50. The lowest BCUT2D eigenvalue weighted by atomic mass is 10.1. The Bertz CT molecular complexity index is 488. The van der Waals surface area contributed by atoms with Gasteiger partial charge in [-0.25, -0.2) is 0 Å². The molecule has 0 bridgehead atoms. The van der Waals surface area contributed by atoms with Crippen molar-refractivity contribution in [2.24, 2.45) is 7.05 Å². The van der Waals surface area contributed by atoms with Crippen LogP contribution in [0.2, 0.25) is 0 Å². The van der Waals surface area contributed by atoms with Crippen LogP contribution in [0.5, 0.6) is 0 Å². The number of anilines is 2. The van der Waals surface area contributed by atoms with E-state index in [9.17, 15) is 0 Å². The van der Waals surface area contributed by atoms with Crippen molar-refractivity contribution < 1.29 is 0 Å². The SMILES string of the molecule is Cc1ccc(N)c(CNc2cnn(C)c2)c1. The summed E-state index contributed by atoms with van der Waals surface area (Å²) < 4.78 is 1.77. The fourth-order valence-corrected chi connectivity index (χ4v) is 1.60. The van der Waals surface area contributed by atoms with Gasteiger partial charge in [0, 0.05) is 25.5 Å². The van der Waals surface area contributed by atoms with Crippen LogP contribution < -0.4 is 11.1 Å². The quantitative estimate of drug-likeness (QED) is 0.771. The number of rotatable bonds is 3. The molecule has 0 aliphatic rings. The molecule has 0 atom stereocenters. The van der Waals surface area contributed by atoms with Crippen molar-refractivity contribution in [3.8, 4) is 0 Å². The zero-order valence-electron chi connectivity index (χ0n) is 9.57. The number of nitrogens with zero attached hydrogens (tertiary/aromatic N) is 2. The van der Waals surface area contributed by atoms with Crippen LogP contribution in [-0.2, 0) is 13.6 Å². The number of hydrogen-bond acceptors (Lipinski definition) is 3. The Kier molecular flexibility index (Phi) is 2.81. The molecule has 0 fully saturated rings. The van der Waals surface area contributed by atoms with E-state index < -0.39 is 0 Å². The van der Waals surface area contributed by atoms with Gasteiger partial charge < -0.3 is 11.1 Å². The lowest BCUT2D eigenvalue weighted by Crippen LogP contribution is -2.02. The summed E-state index contributed by atoms with van der Waals surface area (Å²) in [7, 11) is 1.90. The van der Waals surface area contributed by atoms with Crippen LogP contribution in [-0.4, -0.2) is 9.78 Å². The predicted molar refractivity (Wildman–Crippen MR) is 66.1 cm³/mol. The summed E-state index contributed by atoms with van der Waals surface area (Å²) in [5.74, 6) is 0. The number of aryl methyl sites for hydroxylation is 2. The smallest absolute Gasteiger partial charge is 0.0729 e. The first-order chi connectivity index (χ1) is 7.65. The molecule has 1 aromatic carbocycles. The fourth-order valence-electron chi connectivity index (χ4n) is 1.60. The van der Waals surface area contributed by atoms with Crippen LogP contribution in [0.3, 0.4) is 0 Å². The van der Waals surface area contributed by atoms with E-state index in [2.05, 4.69) is 23.4 Å². The summed E-state index contributed by atoms with van der Waals surface area (Å²) in [6, 6.07) is 6.05. The van der Waals surface area contributed by atoms with Gasteiger partial charge in [-0.1, -0.05) is 17.7 Å². The van der Waals surface area contributed by atoms with Gasteiger partial charge in [0.05, 0.1) is 11.9 Å². The van der Waals surface area contributed by atoms with Gasteiger partial charge in [-0.3, -0.25) is 4.68 Å². The van der Waals surface area contributed by atoms with Gasteiger partial charge in [-0.05, 0) is 18.6 Å². The summed E-state index contributed by atoms with van der Waals surface area (Å²) in [6.45, 7) is 2.78. The molecular formula is C12H16N4. The molecule has 2 rings (SSSR count). The Labute approximate surface area is 95.1 Å². The molecular weight excluding hydrogens is 200 g/mol. The molecule has 0 aliphatic carbocycles. The fraction of sp³-hybridized carbons (Fsp3) is 0.250. The number of hydrogen-bond donors (Lipinski definition) is 2. The highest BCUT2D eigenvalue weighted by atomic mass is 15.3. The number of nitrogens with two attached hydrogens (primary N) is 1. The van der Waals surface area contributed by atoms with Crippen molar-refractivity contribution in [1.29, 1.82) is 0 Å². The van der Waals surface area contributed by atoms with Gasteiger partial charge in [-0.15, -0.1) is 0 Å². The summed E-state index contributed by atoms with van der Waals surface area (Å²) in [6.07, 6.45) is 3.73. The molecule has 3 N–H and O–H groups in total. The molecule has 0 spiro atoms. The second-order valence-corrected chi connectivity index (χ2v) is 3.96. The average molecular weight is 216 g/mol.